The summed E-state index contributed by atoms with van der Waals surface area (Å²) in [5, 5.41) is 6.39. The third-order valence-corrected chi connectivity index (χ3v) is 1.66. The van der Waals surface area contributed by atoms with Gasteiger partial charge in [-0.3, -0.25) is 0 Å². The Morgan fingerprint density at radius 1 is 1.29 bits per heavy atom. The minimum absolute atomic E-state index is 0.347. The quantitative estimate of drug-likeness (QED) is 0.758. The summed E-state index contributed by atoms with van der Waals surface area (Å²) in [6, 6.07) is 1.41. The van der Waals surface area contributed by atoms with E-state index in [4.69, 9.17) is 4.42 Å². The third-order valence-electron chi connectivity index (χ3n) is 1.66. The number of hydrogen-bond acceptors (Lipinski definition) is 4. The Kier molecular flexibility index (Phi) is 3.95. The molecule has 4 heteroatoms. The molecule has 1 aromatic heterocycles. The van der Waals surface area contributed by atoms with Gasteiger partial charge < -0.3 is 15.1 Å². The minimum atomic E-state index is 0.347. The van der Waals surface area contributed by atoms with Gasteiger partial charge in [-0.25, -0.2) is 0 Å². The molecule has 0 saturated carbocycles. The Bertz CT molecular complexity index is 268. The van der Waals surface area contributed by atoms with Crippen LogP contribution in [0.25, 0.3) is 0 Å². The molecule has 80 valence electrons. The number of oxazole rings is 1. The molecule has 0 spiro atoms. The maximum absolute atomic E-state index is 5.25. The highest BCUT2D eigenvalue weighted by molar-refractivity contribution is 5.22. The maximum Gasteiger partial charge on any atom is 0.294 e. The first-order valence-corrected chi connectivity index (χ1v) is 5.02. The number of hydrogen-bond donors (Lipinski definition) is 2. The lowest BCUT2D eigenvalue weighted by atomic mass is 10.4. The molecule has 1 rings (SSSR count). The molecular formula is C10H19N3O. The summed E-state index contributed by atoms with van der Waals surface area (Å²) in [7, 11) is 0. The second kappa shape index (κ2) is 5.00. The van der Waals surface area contributed by atoms with E-state index in [9.17, 15) is 0 Å². The molecule has 0 radical (unpaired) electrons. The maximum atomic E-state index is 5.25. The van der Waals surface area contributed by atoms with Crippen LogP contribution < -0.4 is 10.6 Å². The van der Waals surface area contributed by atoms with E-state index in [1.54, 1.807) is 6.26 Å². The number of nitrogens with one attached hydrogen (secondary N) is 2. The number of aromatic nitrogens is 1. The van der Waals surface area contributed by atoms with Crippen LogP contribution in [0.4, 0.5) is 6.01 Å². The van der Waals surface area contributed by atoms with Crippen molar-refractivity contribution < 1.29 is 4.42 Å². The van der Waals surface area contributed by atoms with E-state index in [0.29, 0.717) is 18.1 Å². The SMILES string of the molecule is CC(C)NCc1coc(NC(C)C)n1. The molecular weight excluding hydrogens is 178 g/mol. The van der Waals surface area contributed by atoms with Crippen molar-refractivity contribution in [2.75, 3.05) is 5.32 Å². The van der Waals surface area contributed by atoms with Crippen molar-refractivity contribution in [2.45, 2.75) is 46.3 Å². The van der Waals surface area contributed by atoms with E-state index in [0.717, 1.165) is 12.2 Å². The first kappa shape index (κ1) is 11.0. The van der Waals surface area contributed by atoms with Gasteiger partial charge in [0.25, 0.3) is 6.01 Å². The van der Waals surface area contributed by atoms with Gasteiger partial charge in [-0.1, -0.05) is 13.8 Å². The molecule has 0 unspecified atom stereocenters. The molecule has 0 aliphatic carbocycles. The van der Waals surface area contributed by atoms with Gasteiger partial charge >= 0.3 is 0 Å². The molecule has 0 amide bonds. The average Bonchev–Trinajstić information content (AvgIpc) is 2.47. The van der Waals surface area contributed by atoms with Crippen molar-refractivity contribution in [1.82, 2.24) is 10.3 Å². The van der Waals surface area contributed by atoms with E-state index >= 15 is 0 Å². The summed E-state index contributed by atoms with van der Waals surface area (Å²) in [6.07, 6.45) is 1.68. The molecule has 0 aromatic carbocycles. The van der Waals surface area contributed by atoms with Gasteiger partial charge in [-0.05, 0) is 13.8 Å². The molecule has 0 fully saturated rings. The van der Waals surface area contributed by atoms with Crippen LogP contribution in [0.3, 0.4) is 0 Å². The zero-order valence-corrected chi connectivity index (χ0v) is 9.29. The van der Waals surface area contributed by atoms with Crippen molar-refractivity contribution in [2.24, 2.45) is 0 Å². The van der Waals surface area contributed by atoms with Crippen molar-refractivity contribution >= 4 is 6.01 Å². The van der Waals surface area contributed by atoms with E-state index in [2.05, 4.69) is 43.3 Å². The Hall–Kier alpha value is -1.03. The van der Waals surface area contributed by atoms with Crippen molar-refractivity contribution in [3.63, 3.8) is 0 Å². The van der Waals surface area contributed by atoms with E-state index in [1.165, 1.54) is 0 Å². The van der Waals surface area contributed by atoms with E-state index in [-0.39, 0.29) is 0 Å². The average molecular weight is 197 g/mol. The van der Waals surface area contributed by atoms with Crippen LogP contribution in [0.2, 0.25) is 0 Å². The molecule has 4 nitrogen and oxygen atoms in total. The van der Waals surface area contributed by atoms with Crippen molar-refractivity contribution in [1.29, 1.82) is 0 Å². The number of rotatable bonds is 5. The lowest BCUT2D eigenvalue weighted by Crippen LogP contribution is -2.22. The predicted molar refractivity (Wildman–Crippen MR) is 57.2 cm³/mol. The number of anilines is 1. The van der Waals surface area contributed by atoms with Gasteiger partial charge in [0, 0.05) is 18.6 Å². The Morgan fingerprint density at radius 3 is 2.57 bits per heavy atom. The summed E-state index contributed by atoms with van der Waals surface area (Å²) in [5.41, 5.74) is 0.932. The monoisotopic (exact) mass is 197 g/mol. The van der Waals surface area contributed by atoms with Gasteiger partial charge in [0.05, 0.1) is 5.69 Å². The molecule has 0 aliphatic heterocycles. The molecule has 0 atom stereocenters. The van der Waals surface area contributed by atoms with Gasteiger partial charge in [0.15, 0.2) is 0 Å². The first-order chi connectivity index (χ1) is 6.58. The van der Waals surface area contributed by atoms with Crippen LogP contribution in [-0.2, 0) is 6.54 Å². The van der Waals surface area contributed by atoms with E-state index in [1.807, 2.05) is 0 Å². The van der Waals surface area contributed by atoms with Crippen LogP contribution in [0.1, 0.15) is 33.4 Å². The second-order valence-electron chi connectivity index (χ2n) is 3.98. The summed E-state index contributed by atoms with van der Waals surface area (Å²) >= 11 is 0. The van der Waals surface area contributed by atoms with Crippen molar-refractivity contribution in [3.05, 3.63) is 12.0 Å². The normalized spacial score (nSPS) is 11.3. The highest BCUT2D eigenvalue weighted by Gasteiger charge is 2.04. The highest BCUT2D eigenvalue weighted by atomic mass is 16.4. The summed E-state index contributed by atoms with van der Waals surface area (Å²) in [6.45, 7) is 9.06. The number of nitrogens with zero attached hydrogens (tertiary/aromatic N) is 1. The summed E-state index contributed by atoms with van der Waals surface area (Å²) in [5.74, 6) is 0. The second-order valence-corrected chi connectivity index (χ2v) is 3.98. The van der Waals surface area contributed by atoms with Gasteiger partial charge in [-0.15, -0.1) is 0 Å². The topological polar surface area (TPSA) is 50.1 Å². The van der Waals surface area contributed by atoms with Crippen LogP contribution in [0, 0.1) is 0 Å². The largest absolute Gasteiger partial charge is 0.432 e. The fraction of sp³-hybridized carbons (Fsp3) is 0.700. The third kappa shape index (κ3) is 3.79. The fourth-order valence-corrected chi connectivity index (χ4v) is 1.01. The molecule has 0 saturated heterocycles. The van der Waals surface area contributed by atoms with Crippen LogP contribution in [-0.4, -0.2) is 17.1 Å². The minimum Gasteiger partial charge on any atom is -0.432 e. The van der Waals surface area contributed by atoms with Gasteiger partial charge in [-0.2, -0.15) is 4.98 Å². The summed E-state index contributed by atoms with van der Waals surface area (Å²) in [4.78, 5) is 4.28. The molecule has 0 aliphatic rings. The zero-order chi connectivity index (χ0) is 10.6. The van der Waals surface area contributed by atoms with Crippen LogP contribution in [0.15, 0.2) is 10.7 Å². The molecule has 14 heavy (non-hydrogen) atoms. The van der Waals surface area contributed by atoms with E-state index < -0.39 is 0 Å². The highest BCUT2D eigenvalue weighted by Crippen LogP contribution is 2.08. The lowest BCUT2D eigenvalue weighted by molar-refractivity contribution is 0.554. The molecule has 1 aromatic rings. The zero-order valence-electron chi connectivity index (χ0n) is 9.29. The van der Waals surface area contributed by atoms with Crippen molar-refractivity contribution in [3.8, 4) is 0 Å². The van der Waals surface area contributed by atoms with Gasteiger partial charge in [0.2, 0.25) is 0 Å². The Labute approximate surface area is 85.1 Å². The Balaban J connectivity index is 2.42. The first-order valence-electron chi connectivity index (χ1n) is 5.02. The molecule has 1 heterocycles. The summed E-state index contributed by atoms with van der Waals surface area (Å²) < 4.78 is 5.25. The molecule has 2 N–H and O–H groups in total. The smallest absolute Gasteiger partial charge is 0.294 e. The van der Waals surface area contributed by atoms with Crippen LogP contribution >= 0.6 is 0 Å². The standard InChI is InChI=1S/C10H19N3O/c1-7(2)11-5-9-6-14-10(13-9)12-8(3)4/h6-8,11H,5H2,1-4H3,(H,12,13). The van der Waals surface area contributed by atoms with Gasteiger partial charge in [0.1, 0.15) is 6.26 Å². The predicted octanol–water partition coefficient (Wildman–Crippen LogP) is 1.99. The Morgan fingerprint density at radius 2 is 2.00 bits per heavy atom. The lowest BCUT2D eigenvalue weighted by Gasteiger charge is -2.04. The van der Waals surface area contributed by atoms with Crippen LogP contribution in [0.5, 0.6) is 0 Å². The fourth-order valence-electron chi connectivity index (χ4n) is 1.01. The molecule has 0 bridgehead atoms.